The van der Waals surface area contributed by atoms with Crippen LogP contribution >= 0.6 is 0 Å². The molecule has 29 heavy (non-hydrogen) atoms. The van der Waals surface area contributed by atoms with E-state index in [-0.39, 0.29) is 0 Å². The molecule has 0 saturated heterocycles. The molecule has 0 fully saturated rings. The number of amides is 2. The van der Waals surface area contributed by atoms with Gasteiger partial charge in [0.2, 0.25) is 0 Å². The minimum Gasteiger partial charge on any atom is -0.496 e. The average molecular weight is 396 g/mol. The van der Waals surface area contributed by atoms with E-state index in [9.17, 15) is 14.4 Å². The summed E-state index contributed by atoms with van der Waals surface area (Å²) in [6.45, 7) is 8.85. The Balaban J connectivity index is 2.46. The lowest BCUT2D eigenvalue weighted by molar-refractivity contribution is -0.116. The number of ether oxygens (including phenoxy) is 1. The molecule has 2 aromatic rings. The van der Waals surface area contributed by atoms with Crippen LogP contribution in [0, 0.1) is 13.8 Å². The second-order valence-corrected chi connectivity index (χ2v) is 7.57. The SMILES string of the molecule is CCc1c(OC)cccc1C(=O)NN(C(=O)c1cc(C)cc(C)c1)C(C)(C)C=O. The molecule has 0 bridgehead atoms. The Bertz CT molecular complexity index is 914. The van der Waals surface area contributed by atoms with Crippen LogP contribution in [-0.4, -0.2) is 35.8 Å². The van der Waals surface area contributed by atoms with Gasteiger partial charge in [-0.05, 0) is 58.4 Å². The molecule has 0 aliphatic carbocycles. The number of rotatable bonds is 6. The molecule has 6 nitrogen and oxygen atoms in total. The molecule has 0 saturated carbocycles. The van der Waals surface area contributed by atoms with Crippen LogP contribution < -0.4 is 10.2 Å². The van der Waals surface area contributed by atoms with Gasteiger partial charge in [-0.3, -0.25) is 15.0 Å². The lowest BCUT2D eigenvalue weighted by Crippen LogP contribution is -2.58. The quantitative estimate of drug-likeness (QED) is 0.597. The molecule has 1 N–H and O–H groups in total. The van der Waals surface area contributed by atoms with Crippen molar-refractivity contribution in [3.63, 3.8) is 0 Å². The van der Waals surface area contributed by atoms with Crippen molar-refractivity contribution in [2.75, 3.05) is 7.11 Å². The number of aldehydes is 1. The Hall–Kier alpha value is -3.15. The number of methoxy groups -OCH3 is 1. The van der Waals surface area contributed by atoms with Gasteiger partial charge < -0.3 is 9.53 Å². The molecule has 2 amide bonds. The first-order valence-corrected chi connectivity index (χ1v) is 9.50. The molecule has 2 rings (SSSR count). The van der Waals surface area contributed by atoms with Gasteiger partial charge in [-0.15, -0.1) is 0 Å². The lowest BCUT2D eigenvalue weighted by atomic mass is 10.0. The Morgan fingerprint density at radius 2 is 1.76 bits per heavy atom. The van der Waals surface area contributed by atoms with E-state index < -0.39 is 17.4 Å². The monoisotopic (exact) mass is 396 g/mol. The summed E-state index contributed by atoms with van der Waals surface area (Å²) in [5, 5.41) is 1.09. The van der Waals surface area contributed by atoms with Gasteiger partial charge in [-0.1, -0.05) is 30.2 Å². The van der Waals surface area contributed by atoms with Crippen LogP contribution in [0.15, 0.2) is 36.4 Å². The number of nitrogens with one attached hydrogen (secondary N) is 1. The van der Waals surface area contributed by atoms with Crippen LogP contribution in [0.2, 0.25) is 0 Å². The number of carbonyl (C=O) groups excluding carboxylic acids is 3. The van der Waals surface area contributed by atoms with Gasteiger partial charge in [0.15, 0.2) is 0 Å². The largest absolute Gasteiger partial charge is 0.496 e. The van der Waals surface area contributed by atoms with Crippen molar-refractivity contribution in [2.24, 2.45) is 0 Å². The van der Waals surface area contributed by atoms with E-state index in [4.69, 9.17) is 4.74 Å². The van der Waals surface area contributed by atoms with Crippen molar-refractivity contribution in [2.45, 2.75) is 46.6 Å². The highest BCUT2D eigenvalue weighted by Crippen LogP contribution is 2.24. The van der Waals surface area contributed by atoms with Gasteiger partial charge in [0.25, 0.3) is 11.8 Å². The Morgan fingerprint density at radius 1 is 1.14 bits per heavy atom. The summed E-state index contributed by atoms with van der Waals surface area (Å²) >= 11 is 0. The predicted octanol–water partition coefficient (Wildman–Crippen LogP) is 3.64. The van der Waals surface area contributed by atoms with Gasteiger partial charge >= 0.3 is 0 Å². The summed E-state index contributed by atoms with van der Waals surface area (Å²) in [5.41, 5.74) is 4.78. The van der Waals surface area contributed by atoms with Crippen molar-refractivity contribution in [3.05, 3.63) is 64.2 Å². The normalized spacial score (nSPS) is 11.0. The van der Waals surface area contributed by atoms with Crippen LogP contribution in [0.1, 0.15) is 58.2 Å². The van der Waals surface area contributed by atoms with E-state index in [0.29, 0.717) is 29.6 Å². The smallest absolute Gasteiger partial charge is 0.273 e. The summed E-state index contributed by atoms with van der Waals surface area (Å²) < 4.78 is 5.35. The Labute approximate surface area is 171 Å². The van der Waals surface area contributed by atoms with E-state index in [2.05, 4.69) is 5.43 Å². The number of carbonyl (C=O) groups is 3. The summed E-state index contributed by atoms with van der Waals surface area (Å²) in [6.07, 6.45) is 1.22. The third kappa shape index (κ3) is 4.83. The van der Waals surface area contributed by atoms with Gasteiger partial charge in [0.1, 0.15) is 17.6 Å². The number of benzene rings is 2. The zero-order valence-electron chi connectivity index (χ0n) is 17.8. The first kappa shape index (κ1) is 22.1. The van der Waals surface area contributed by atoms with Gasteiger partial charge in [-0.2, -0.15) is 0 Å². The summed E-state index contributed by atoms with van der Waals surface area (Å²) in [5.74, 6) is -0.335. The standard InChI is InChI=1S/C23H28N2O4/c1-7-18-19(9-8-10-20(18)29-6)21(27)24-25(23(4,5)14-26)22(28)17-12-15(2)11-16(3)13-17/h8-14H,7H2,1-6H3,(H,24,27). The van der Waals surface area contributed by atoms with Crippen molar-refractivity contribution in [3.8, 4) is 5.75 Å². The van der Waals surface area contributed by atoms with E-state index in [0.717, 1.165) is 21.7 Å². The average Bonchev–Trinajstić information content (AvgIpc) is 2.69. The zero-order chi connectivity index (χ0) is 21.8. The van der Waals surface area contributed by atoms with Crippen LogP contribution in [0.25, 0.3) is 0 Å². The molecule has 0 unspecified atom stereocenters. The third-order valence-corrected chi connectivity index (χ3v) is 4.70. The van der Waals surface area contributed by atoms with E-state index in [1.807, 2.05) is 26.8 Å². The third-order valence-electron chi connectivity index (χ3n) is 4.70. The predicted molar refractivity (Wildman–Crippen MR) is 112 cm³/mol. The lowest BCUT2D eigenvalue weighted by Gasteiger charge is -2.34. The molecular formula is C23H28N2O4. The summed E-state index contributed by atoms with van der Waals surface area (Å²) in [7, 11) is 1.54. The maximum Gasteiger partial charge on any atom is 0.273 e. The fourth-order valence-corrected chi connectivity index (χ4v) is 3.23. The van der Waals surface area contributed by atoms with Crippen molar-refractivity contribution < 1.29 is 19.1 Å². The molecule has 0 radical (unpaired) electrons. The highest BCUT2D eigenvalue weighted by molar-refractivity contribution is 6.01. The summed E-state index contributed by atoms with van der Waals surface area (Å²) in [6, 6.07) is 10.6. The van der Waals surface area contributed by atoms with Crippen LogP contribution in [0.4, 0.5) is 0 Å². The molecule has 0 spiro atoms. The molecular weight excluding hydrogens is 368 g/mol. The molecule has 2 aromatic carbocycles. The molecule has 6 heteroatoms. The molecule has 0 aliphatic heterocycles. The maximum atomic E-state index is 13.2. The molecule has 0 heterocycles. The fourth-order valence-electron chi connectivity index (χ4n) is 3.23. The second kappa shape index (κ2) is 8.90. The molecule has 0 atom stereocenters. The second-order valence-electron chi connectivity index (χ2n) is 7.57. The van der Waals surface area contributed by atoms with Gasteiger partial charge in [0, 0.05) is 16.7 Å². The van der Waals surface area contributed by atoms with E-state index in [1.165, 1.54) is 0 Å². The Morgan fingerprint density at radius 3 is 2.28 bits per heavy atom. The van der Waals surface area contributed by atoms with E-state index >= 15 is 0 Å². The first-order valence-electron chi connectivity index (χ1n) is 9.50. The van der Waals surface area contributed by atoms with Gasteiger partial charge in [0.05, 0.1) is 7.11 Å². The van der Waals surface area contributed by atoms with Gasteiger partial charge in [-0.25, -0.2) is 5.01 Å². The first-order chi connectivity index (χ1) is 13.6. The van der Waals surface area contributed by atoms with Crippen LogP contribution in [0.5, 0.6) is 5.75 Å². The topological polar surface area (TPSA) is 75.7 Å². The molecule has 0 aromatic heterocycles. The number of hydrazine groups is 1. The van der Waals surface area contributed by atoms with Crippen LogP contribution in [-0.2, 0) is 11.2 Å². The van der Waals surface area contributed by atoms with Crippen molar-refractivity contribution in [1.82, 2.24) is 10.4 Å². The zero-order valence-corrected chi connectivity index (χ0v) is 17.8. The number of nitrogens with zero attached hydrogens (tertiary/aromatic N) is 1. The Kier molecular flexibility index (Phi) is 6.80. The summed E-state index contributed by atoms with van der Waals surface area (Å²) in [4.78, 5) is 38.0. The highest BCUT2D eigenvalue weighted by atomic mass is 16.5. The molecule has 154 valence electrons. The maximum absolute atomic E-state index is 13.2. The number of aryl methyl sites for hydroxylation is 2. The fraction of sp³-hybridized carbons (Fsp3) is 0.348. The minimum absolute atomic E-state index is 0.395. The van der Waals surface area contributed by atoms with Crippen molar-refractivity contribution >= 4 is 18.1 Å². The number of hydrogen-bond donors (Lipinski definition) is 1. The van der Waals surface area contributed by atoms with Crippen LogP contribution in [0.3, 0.4) is 0 Å². The number of hydrogen-bond acceptors (Lipinski definition) is 4. The minimum atomic E-state index is -1.24. The molecule has 0 aliphatic rings. The highest BCUT2D eigenvalue weighted by Gasteiger charge is 2.34. The van der Waals surface area contributed by atoms with E-state index in [1.54, 1.807) is 51.3 Å². The van der Waals surface area contributed by atoms with Crippen molar-refractivity contribution in [1.29, 1.82) is 0 Å².